The molecule has 0 radical (unpaired) electrons. The number of aryl methyl sites for hydroxylation is 4. The fourth-order valence-corrected chi connectivity index (χ4v) is 5.43. The first-order valence-electron chi connectivity index (χ1n) is 13.4. The molecule has 2 N–H and O–H groups in total. The lowest BCUT2D eigenvalue weighted by Gasteiger charge is -2.25. The van der Waals surface area contributed by atoms with E-state index in [9.17, 15) is 9.59 Å². The van der Waals surface area contributed by atoms with Gasteiger partial charge in [-0.05, 0) is 62.9 Å². The highest BCUT2D eigenvalue weighted by molar-refractivity contribution is 6.32. The molecule has 214 valence electrons. The molecule has 0 fully saturated rings. The van der Waals surface area contributed by atoms with Gasteiger partial charge >= 0.3 is 5.69 Å². The van der Waals surface area contributed by atoms with Gasteiger partial charge in [0.1, 0.15) is 5.49 Å². The Bertz CT molecular complexity index is 1750. The van der Waals surface area contributed by atoms with Gasteiger partial charge in [0.15, 0.2) is 22.3 Å². The fraction of sp³-hybridized carbons (Fsp3) is 0.345. The molecule has 3 heterocycles. The van der Waals surface area contributed by atoms with E-state index in [4.69, 9.17) is 26.1 Å². The first-order valence-corrected chi connectivity index (χ1v) is 13.7. The summed E-state index contributed by atoms with van der Waals surface area (Å²) in [6, 6.07) is 9.97. The summed E-state index contributed by atoms with van der Waals surface area (Å²) in [6.45, 7) is 9.32. The standard InChI is InChI=1S/C29H32ClN7O4/c1-6-41-23-13-19-7-9-36-21(20(19)14-22(23)40-5)15-24(32-25-17(3)11-16(2)12-18(25)4)37(29(36)39)10-8-31-28(38)26-27(30)34-35-33-26/h11-15H,6-10H2,1-5H3,(H,31,38)(H,33,34,35). The monoisotopic (exact) mass is 577 g/mol. The highest BCUT2D eigenvalue weighted by atomic mass is 35.5. The lowest BCUT2D eigenvalue weighted by molar-refractivity contribution is 0.0947. The zero-order valence-corrected chi connectivity index (χ0v) is 24.4. The molecule has 0 spiro atoms. The third-order valence-corrected chi connectivity index (χ3v) is 7.33. The van der Waals surface area contributed by atoms with Crippen molar-refractivity contribution in [3.8, 4) is 22.8 Å². The molecule has 2 aromatic heterocycles. The number of methoxy groups -OCH3 is 1. The lowest BCUT2D eigenvalue weighted by Crippen LogP contribution is -2.44. The van der Waals surface area contributed by atoms with Crippen LogP contribution in [0.1, 0.15) is 39.7 Å². The number of carbonyl (C=O) groups excluding carboxylic acids is 1. The van der Waals surface area contributed by atoms with Gasteiger partial charge in [0.05, 0.1) is 25.1 Å². The minimum Gasteiger partial charge on any atom is -0.493 e. The van der Waals surface area contributed by atoms with Crippen molar-refractivity contribution in [2.75, 3.05) is 20.3 Å². The van der Waals surface area contributed by atoms with Crippen LogP contribution in [-0.2, 0) is 19.5 Å². The molecule has 0 unspecified atom stereocenters. The predicted octanol–water partition coefficient (Wildman–Crippen LogP) is 3.64. The van der Waals surface area contributed by atoms with Crippen LogP contribution < -0.4 is 26.0 Å². The van der Waals surface area contributed by atoms with Gasteiger partial charge in [0, 0.05) is 31.3 Å². The van der Waals surface area contributed by atoms with Crippen LogP contribution in [0.25, 0.3) is 11.3 Å². The molecule has 0 aliphatic carbocycles. The molecule has 0 atom stereocenters. The molecular formula is C29H32ClN7O4. The summed E-state index contributed by atoms with van der Waals surface area (Å²) in [4.78, 5) is 31.5. The van der Waals surface area contributed by atoms with Crippen LogP contribution in [0.3, 0.4) is 0 Å². The molecule has 4 aromatic rings. The first kappa shape index (κ1) is 28.2. The minimum absolute atomic E-state index is 0.00776. The highest BCUT2D eigenvalue weighted by Crippen LogP contribution is 2.37. The Labute approximate surface area is 241 Å². The molecule has 0 bridgehead atoms. The van der Waals surface area contributed by atoms with Crippen LogP contribution in [-0.4, -0.2) is 50.7 Å². The average molecular weight is 578 g/mol. The van der Waals surface area contributed by atoms with Crippen molar-refractivity contribution in [2.45, 2.75) is 47.2 Å². The van der Waals surface area contributed by atoms with E-state index in [1.165, 1.54) is 0 Å². The Morgan fingerprint density at radius 1 is 1.12 bits per heavy atom. The quantitative estimate of drug-likeness (QED) is 0.329. The van der Waals surface area contributed by atoms with Crippen molar-refractivity contribution < 1.29 is 14.3 Å². The van der Waals surface area contributed by atoms with Crippen molar-refractivity contribution in [2.24, 2.45) is 4.99 Å². The number of aromatic amines is 1. The Morgan fingerprint density at radius 2 is 1.88 bits per heavy atom. The molecular weight excluding hydrogens is 546 g/mol. The number of hydrogen-bond donors (Lipinski definition) is 2. The number of fused-ring (bicyclic) bond motifs is 3. The van der Waals surface area contributed by atoms with Gasteiger partial charge in [-0.25, -0.2) is 9.79 Å². The summed E-state index contributed by atoms with van der Waals surface area (Å²) in [6.07, 6.45) is 0.653. The van der Waals surface area contributed by atoms with Gasteiger partial charge in [-0.2, -0.15) is 5.21 Å². The maximum Gasteiger partial charge on any atom is 0.330 e. The van der Waals surface area contributed by atoms with Crippen molar-refractivity contribution in [3.05, 3.63) is 79.4 Å². The molecule has 1 aliphatic rings. The third kappa shape index (κ3) is 5.49. The number of nitrogens with zero attached hydrogens (tertiary/aromatic N) is 5. The van der Waals surface area contributed by atoms with E-state index < -0.39 is 5.91 Å². The number of carbonyl (C=O) groups is 1. The Hall–Kier alpha value is -4.38. The van der Waals surface area contributed by atoms with Gasteiger partial charge in [0.25, 0.3) is 5.91 Å². The predicted molar refractivity (Wildman–Crippen MR) is 155 cm³/mol. The summed E-state index contributed by atoms with van der Waals surface area (Å²) < 4.78 is 14.7. The third-order valence-electron chi connectivity index (χ3n) is 7.07. The van der Waals surface area contributed by atoms with Gasteiger partial charge in [-0.3, -0.25) is 13.9 Å². The summed E-state index contributed by atoms with van der Waals surface area (Å²) >= 11 is 5.93. The van der Waals surface area contributed by atoms with E-state index in [0.29, 0.717) is 36.6 Å². The molecule has 11 nitrogen and oxygen atoms in total. The van der Waals surface area contributed by atoms with Crippen LogP contribution in [0.2, 0.25) is 5.15 Å². The van der Waals surface area contributed by atoms with Crippen LogP contribution in [0.4, 0.5) is 5.69 Å². The van der Waals surface area contributed by atoms with Gasteiger partial charge in [-0.15, -0.1) is 10.2 Å². The van der Waals surface area contributed by atoms with E-state index in [-0.39, 0.29) is 29.6 Å². The van der Waals surface area contributed by atoms with Crippen LogP contribution in [0, 0.1) is 20.8 Å². The number of nitrogens with one attached hydrogen (secondary N) is 2. The largest absolute Gasteiger partial charge is 0.493 e. The van der Waals surface area contributed by atoms with Gasteiger partial charge < -0.3 is 14.8 Å². The van der Waals surface area contributed by atoms with E-state index in [1.807, 2.05) is 45.9 Å². The zero-order chi connectivity index (χ0) is 29.3. The zero-order valence-electron chi connectivity index (χ0n) is 23.7. The number of hydrogen-bond acceptors (Lipinski definition) is 7. The molecule has 1 aliphatic heterocycles. The SMILES string of the molecule is CCOc1cc2c(cc1OC)-c1cc(=Nc3c(C)cc(C)cc3C)n(CCNC(=O)c3n[nH]nc3Cl)c(=O)n1CC2. The first-order chi connectivity index (χ1) is 19.7. The van der Waals surface area contributed by atoms with E-state index in [2.05, 4.69) is 32.9 Å². The molecule has 0 saturated carbocycles. The normalized spacial score (nSPS) is 12.6. The van der Waals surface area contributed by atoms with Crippen LogP contribution in [0.5, 0.6) is 11.5 Å². The van der Waals surface area contributed by atoms with Crippen molar-refractivity contribution in [3.63, 3.8) is 0 Å². The number of rotatable bonds is 8. The Balaban J connectivity index is 1.63. The Morgan fingerprint density at radius 3 is 2.54 bits per heavy atom. The second kappa shape index (κ2) is 11.6. The molecule has 12 heteroatoms. The van der Waals surface area contributed by atoms with E-state index >= 15 is 0 Å². The number of amides is 1. The van der Waals surface area contributed by atoms with Crippen molar-refractivity contribution in [1.29, 1.82) is 0 Å². The van der Waals surface area contributed by atoms with Crippen LogP contribution in [0.15, 0.2) is 40.1 Å². The summed E-state index contributed by atoms with van der Waals surface area (Å²) in [5.74, 6) is 0.785. The Kier molecular flexibility index (Phi) is 7.98. The fourth-order valence-electron chi connectivity index (χ4n) is 5.27. The van der Waals surface area contributed by atoms with E-state index in [0.717, 1.165) is 39.2 Å². The molecule has 2 aromatic carbocycles. The molecule has 0 saturated heterocycles. The summed E-state index contributed by atoms with van der Waals surface area (Å²) in [5, 5.41) is 12.5. The number of benzene rings is 2. The number of halogens is 1. The summed E-state index contributed by atoms with van der Waals surface area (Å²) in [7, 11) is 1.60. The smallest absolute Gasteiger partial charge is 0.330 e. The molecule has 5 rings (SSSR count). The lowest BCUT2D eigenvalue weighted by atomic mass is 9.97. The molecule has 41 heavy (non-hydrogen) atoms. The van der Waals surface area contributed by atoms with Gasteiger partial charge in [-0.1, -0.05) is 29.3 Å². The average Bonchev–Trinajstić information content (AvgIpc) is 3.37. The summed E-state index contributed by atoms with van der Waals surface area (Å²) in [5.41, 5.74) is 6.89. The number of ether oxygens (including phenoxy) is 2. The van der Waals surface area contributed by atoms with Crippen molar-refractivity contribution >= 4 is 23.2 Å². The second-order valence-corrected chi connectivity index (χ2v) is 10.3. The second-order valence-electron chi connectivity index (χ2n) is 9.89. The topological polar surface area (TPSA) is 128 Å². The maximum absolute atomic E-state index is 14.0. The number of H-pyrrole nitrogens is 1. The van der Waals surface area contributed by atoms with Crippen molar-refractivity contribution in [1.82, 2.24) is 29.9 Å². The maximum atomic E-state index is 14.0. The molecule has 1 amide bonds. The number of aromatic nitrogens is 5. The minimum atomic E-state index is -0.489. The van der Waals surface area contributed by atoms with Gasteiger partial charge in [0.2, 0.25) is 0 Å². The van der Waals surface area contributed by atoms with Crippen LogP contribution >= 0.6 is 11.6 Å². The van der Waals surface area contributed by atoms with E-state index in [1.54, 1.807) is 16.2 Å². The highest BCUT2D eigenvalue weighted by Gasteiger charge is 2.23.